The van der Waals surface area contributed by atoms with Gasteiger partial charge in [-0.05, 0) is 24.6 Å². The normalized spacial score (nSPS) is 13.4. The molecule has 1 atom stereocenters. The average Bonchev–Trinajstić information content (AvgIpc) is 2.91. The number of aromatic nitrogens is 3. The number of halogens is 3. The minimum Gasteiger partial charge on any atom is -0.307 e. The van der Waals surface area contributed by atoms with Crippen molar-refractivity contribution in [2.75, 3.05) is 6.54 Å². The molecule has 0 amide bonds. The fraction of sp³-hybridized carbons (Fsp3) is 0.385. The molecule has 0 bridgehead atoms. The fourth-order valence-electron chi connectivity index (χ4n) is 2.01. The second kappa shape index (κ2) is 6.04. The largest absolute Gasteiger partial charge is 0.416 e. The van der Waals surface area contributed by atoms with Gasteiger partial charge in [0, 0.05) is 0 Å². The third kappa shape index (κ3) is 3.57. The lowest BCUT2D eigenvalue weighted by Gasteiger charge is -2.16. The van der Waals surface area contributed by atoms with Crippen molar-refractivity contribution in [2.45, 2.75) is 25.6 Å². The number of aromatic amines is 1. The Kier molecular flexibility index (Phi) is 4.39. The molecule has 20 heavy (non-hydrogen) atoms. The number of nitrogens with zero attached hydrogens (tertiary/aromatic N) is 2. The minimum absolute atomic E-state index is 0.189. The predicted molar refractivity (Wildman–Crippen MR) is 67.9 cm³/mol. The van der Waals surface area contributed by atoms with Crippen LogP contribution in [-0.2, 0) is 12.6 Å². The Morgan fingerprint density at radius 2 is 2.15 bits per heavy atom. The average molecular weight is 284 g/mol. The molecule has 2 rings (SSSR count). The minimum atomic E-state index is -4.32. The van der Waals surface area contributed by atoms with E-state index < -0.39 is 11.7 Å². The number of benzene rings is 1. The first-order valence-corrected chi connectivity index (χ1v) is 6.25. The molecule has 0 aliphatic rings. The fourth-order valence-corrected chi connectivity index (χ4v) is 2.01. The molecule has 0 aliphatic carbocycles. The molecule has 2 N–H and O–H groups in total. The van der Waals surface area contributed by atoms with E-state index in [1.54, 1.807) is 6.07 Å². The first kappa shape index (κ1) is 14.5. The van der Waals surface area contributed by atoms with E-state index in [9.17, 15) is 13.2 Å². The molecule has 0 aliphatic heterocycles. The third-order valence-corrected chi connectivity index (χ3v) is 2.91. The molecule has 2 aromatic rings. The van der Waals surface area contributed by atoms with Gasteiger partial charge in [0.1, 0.15) is 12.2 Å². The number of H-pyrrole nitrogens is 1. The second-order valence-electron chi connectivity index (χ2n) is 4.38. The highest BCUT2D eigenvalue weighted by molar-refractivity contribution is 5.26. The van der Waals surface area contributed by atoms with E-state index >= 15 is 0 Å². The summed E-state index contributed by atoms with van der Waals surface area (Å²) in [5.41, 5.74) is -0.0370. The van der Waals surface area contributed by atoms with Crippen molar-refractivity contribution in [3.05, 3.63) is 47.5 Å². The van der Waals surface area contributed by atoms with Crippen LogP contribution in [0.3, 0.4) is 0 Å². The Bertz CT molecular complexity index is 537. The van der Waals surface area contributed by atoms with Crippen LogP contribution in [0.5, 0.6) is 0 Å². The summed E-state index contributed by atoms with van der Waals surface area (Å²) < 4.78 is 38.0. The number of hydrogen-bond acceptors (Lipinski definition) is 3. The quantitative estimate of drug-likeness (QED) is 0.887. The first-order valence-electron chi connectivity index (χ1n) is 6.25. The van der Waals surface area contributed by atoms with E-state index in [0.29, 0.717) is 24.4 Å². The highest BCUT2D eigenvalue weighted by Gasteiger charge is 2.30. The Balaban J connectivity index is 2.19. The van der Waals surface area contributed by atoms with E-state index in [1.165, 1.54) is 18.5 Å². The van der Waals surface area contributed by atoms with Gasteiger partial charge < -0.3 is 5.32 Å². The summed E-state index contributed by atoms with van der Waals surface area (Å²) in [6.07, 6.45) is -2.53. The monoisotopic (exact) mass is 284 g/mol. The van der Waals surface area contributed by atoms with Crippen LogP contribution in [0.2, 0.25) is 0 Å². The zero-order valence-corrected chi connectivity index (χ0v) is 10.9. The molecule has 7 heteroatoms. The maximum Gasteiger partial charge on any atom is 0.416 e. The molecular formula is C13H15F3N4. The summed E-state index contributed by atoms with van der Waals surface area (Å²) >= 11 is 0. The van der Waals surface area contributed by atoms with Gasteiger partial charge in [-0.2, -0.15) is 18.3 Å². The second-order valence-corrected chi connectivity index (χ2v) is 4.38. The third-order valence-electron chi connectivity index (χ3n) is 2.91. The van der Waals surface area contributed by atoms with Crippen molar-refractivity contribution < 1.29 is 13.2 Å². The van der Waals surface area contributed by atoms with Gasteiger partial charge in [0.25, 0.3) is 0 Å². The SMILES string of the molecule is CCNC(Cc1cccc(C(F)(F)F)c1)c1ncn[nH]1. The number of nitrogens with one attached hydrogen (secondary N) is 2. The number of alkyl halides is 3. The number of hydrogen-bond donors (Lipinski definition) is 2. The summed E-state index contributed by atoms with van der Waals surface area (Å²) in [6.45, 7) is 2.61. The van der Waals surface area contributed by atoms with Crippen LogP contribution in [0.4, 0.5) is 13.2 Å². The topological polar surface area (TPSA) is 53.6 Å². The van der Waals surface area contributed by atoms with Crippen molar-refractivity contribution in [1.82, 2.24) is 20.5 Å². The summed E-state index contributed by atoms with van der Waals surface area (Å²) in [5, 5.41) is 9.69. The van der Waals surface area contributed by atoms with Crippen molar-refractivity contribution in [2.24, 2.45) is 0 Å². The molecular weight excluding hydrogens is 269 g/mol. The molecule has 0 fully saturated rings. The lowest BCUT2D eigenvalue weighted by Crippen LogP contribution is -2.24. The maximum absolute atomic E-state index is 12.7. The van der Waals surface area contributed by atoms with Gasteiger partial charge in [0.15, 0.2) is 0 Å². The molecule has 4 nitrogen and oxygen atoms in total. The molecule has 0 spiro atoms. The lowest BCUT2D eigenvalue weighted by molar-refractivity contribution is -0.137. The Labute approximate surface area is 114 Å². The van der Waals surface area contributed by atoms with Gasteiger partial charge in [0.2, 0.25) is 0 Å². The predicted octanol–water partition coefficient (Wildman–Crippen LogP) is 2.72. The van der Waals surface area contributed by atoms with Gasteiger partial charge in [0.05, 0.1) is 11.6 Å². The molecule has 0 saturated carbocycles. The molecule has 0 radical (unpaired) electrons. The molecule has 1 unspecified atom stereocenters. The summed E-state index contributed by atoms with van der Waals surface area (Å²) in [6, 6.07) is 5.14. The Morgan fingerprint density at radius 1 is 1.35 bits per heavy atom. The van der Waals surface area contributed by atoms with E-state index in [4.69, 9.17) is 0 Å². The van der Waals surface area contributed by atoms with Crippen LogP contribution in [0.1, 0.15) is 29.9 Å². The number of rotatable bonds is 5. The van der Waals surface area contributed by atoms with Crippen LogP contribution in [0.25, 0.3) is 0 Å². The van der Waals surface area contributed by atoms with Gasteiger partial charge in [-0.3, -0.25) is 5.10 Å². The van der Waals surface area contributed by atoms with Crippen LogP contribution in [-0.4, -0.2) is 21.7 Å². The van der Waals surface area contributed by atoms with Gasteiger partial charge in [-0.1, -0.05) is 25.1 Å². The molecule has 1 aromatic heterocycles. The maximum atomic E-state index is 12.7. The summed E-state index contributed by atoms with van der Waals surface area (Å²) in [5.74, 6) is 0.615. The van der Waals surface area contributed by atoms with Crippen LogP contribution >= 0.6 is 0 Å². The van der Waals surface area contributed by atoms with E-state index in [2.05, 4.69) is 20.5 Å². The first-order chi connectivity index (χ1) is 9.50. The van der Waals surface area contributed by atoms with Crippen molar-refractivity contribution in [1.29, 1.82) is 0 Å². The Morgan fingerprint density at radius 3 is 2.75 bits per heavy atom. The van der Waals surface area contributed by atoms with Gasteiger partial charge in [-0.15, -0.1) is 0 Å². The summed E-state index contributed by atoms with van der Waals surface area (Å²) in [7, 11) is 0. The molecule has 0 saturated heterocycles. The van der Waals surface area contributed by atoms with Gasteiger partial charge in [-0.25, -0.2) is 4.98 Å². The van der Waals surface area contributed by atoms with Crippen molar-refractivity contribution in [3.8, 4) is 0 Å². The van der Waals surface area contributed by atoms with Crippen LogP contribution in [0, 0.1) is 0 Å². The lowest BCUT2D eigenvalue weighted by atomic mass is 10.0. The zero-order chi connectivity index (χ0) is 14.6. The number of likely N-dealkylation sites (N-methyl/N-ethyl adjacent to an activating group) is 1. The smallest absolute Gasteiger partial charge is 0.307 e. The molecule has 1 heterocycles. The van der Waals surface area contributed by atoms with Crippen molar-refractivity contribution in [3.63, 3.8) is 0 Å². The summed E-state index contributed by atoms with van der Waals surface area (Å²) in [4.78, 5) is 4.05. The van der Waals surface area contributed by atoms with E-state index in [1.807, 2.05) is 6.92 Å². The molecule has 1 aromatic carbocycles. The van der Waals surface area contributed by atoms with E-state index in [0.717, 1.165) is 6.07 Å². The van der Waals surface area contributed by atoms with Crippen LogP contribution in [0.15, 0.2) is 30.6 Å². The molecule has 108 valence electrons. The van der Waals surface area contributed by atoms with Gasteiger partial charge >= 0.3 is 6.18 Å². The van der Waals surface area contributed by atoms with Crippen LogP contribution < -0.4 is 5.32 Å². The highest BCUT2D eigenvalue weighted by atomic mass is 19.4. The Hall–Kier alpha value is -1.89. The van der Waals surface area contributed by atoms with E-state index in [-0.39, 0.29) is 6.04 Å². The highest BCUT2D eigenvalue weighted by Crippen LogP contribution is 2.30. The standard InChI is InChI=1S/C13H15F3N4/c1-2-17-11(12-18-8-19-20-12)7-9-4-3-5-10(6-9)13(14,15)16/h3-6,8,11,17H,2,7H2,1H3,(H,18,19,20). The van der Waals surface area contributed by atoms with Crippen molar-refractivity contribution >= 4 is 0 Å². The zero-order valence-electron chi connectivity index (χ0n) is 10.9.